The van der Waals surface area contributed by atoms with Crippen LogP contribution in [0, 0.1) is 5.82 Å². The minimum atomic E-state index is -0.412. The van der Waals surface area contributed by atoms with Crippen LogP contribution in [0.25, 0.3) is 0 Å². The van der Waals surface area contributed by atoms with Gasteiger partial charge in [0.15, 0.2) is 0 Å². The first kappa shape index (κ1) is 10.8. The van der Waals surface area contributed by atoms with Crippen LogP contribution in [0.2, 0.25) is 0 Å². The van der Waals surface area contributed by atoms with Gasteiger partial charge in [0.05, 0.1) is 17.5 Å². The fourth-order valence-corrected chi connectivity index (χ4v) is 2.04. The number of halogens is 1. The summed E-state index contributed by atoms with van der Waals surface area (Å²) in [7, 11) is 0. The summed E-state index contributed by atoms with van der Waals surface area (Å²) >= 11 is 0. The average Bonchev–Trinajstić information content (AvgIpc) is 2.41. The molecule has 5 heteroatoms. The summed E-state index contributed by atoms with van der Waals surface area (Å²) in [6, 6.07) is 6.29. The number of hydrogen-bond acceptors (Lipinski definition) is 3. The summed E-state index contributed by atoms with van der Waals surface area (Å²) in [5.74, 6) is -0.0790. The Balaban J connectivity index is 1.97. The van der Waals surface area contributed by atoms with Crippen LogP contribution >= 0.6 is 0 Å². The van der Waals surface area contributed by atoms with E-state index in [1.807, 2.05) is 0 Å². The maximum Gasteiger partial charge on any atom is 0.261 e. The molecule has 0 radical (unpaired) electrons. The van der Waals surface area contributed by atoms with Crippen LogP contribution < -0.4 is 4.90 Å². The molecule has 18 heavy (non-hydrogen) atoms. The third kappa shape index (κ3) is 1.73. The van der Waals surface area contributed by atoms with Crippen LogP contribution in [-0.4, -0.2) is 22.4 Å². The Bertz CT molecular complexity index is 597. The molecule has 0 N–H and O–H groups in total. The van der Waals surface area contributed by atoms with Crippen molar-refractivity contribution in [1.82, 2.24) is 9.97 Å². The number of nitrogens with zero attached hydrogens (tertiary/aromatic N) is 3. The van der Waals surface area contributed by atoms with Gasteiger partial charge in [-0.3, -0.25) is 14.7 Å². The molecular formula is C13H10FN3O. The zero-order valence-electron chi connectivity index (χ0n) is 9.51. The van der Waals surface area contributed by atoms with Crippen LogP contribution in [0.15, 0.2) is 36.7 Å². The molecule has 4 nitrogen and oxygen atoms in total. The van der Waals surface area contributed by atoms with Crippen molar-refractivity contribution < 1.29 is 9.18 Å². The van der Waals surface area contributed by atoms with E-state index in [9.17, 15) is 9.18 Å². The number of fused-ring (bicyclic) bond motifs is 1. The lowest BCUT2D eigenvalue weighted by Gasteiger charge is -2.26. The molecule has 1 aliphatic rings. The summed E-state index contributed by atoms with van der Waals surface area (Å²) in [6.45, 7) is 0.515. The van der Waals surface area contributed by atoms with Gasteiger partial charge in [-0.2, -0.15) is 0 Å². The van der Waals surface area contributed by atoms with Gasteiger partial charge in [0, 0.05) is 19.2 Å². The number of amides is 1. The van der Waals surface area contributed by atoms with Crippen LogP contribution in [-0.2, 0) is 6.42 Å². The number of anilines is 1. The predicted molar refractivity (Wildman–Crippen MR) is 63.8 cm³/mol. The number of hydrogen-bond donors (Lipinski definition) is 0. The summed E-state index contributed by atoms with van der Waals surface area (Å²) < 4.78 is 12.8. The molecule has 0 saturated carbocycles. The van der Waals surface area contributed by atoms with Crippen molar-refractivity contribution >= 4 is 11.7 Å². The van der Waals surface area contributed by atoms with E-state index in [1.54, 1.807) is 23.2 Å². The van der Waals surface area contributed by atoms with Crippen LogP contribution in [0.5, 0.6) is 0 Å². The quantitative estimate of drug-likeness (QED) is 0.767. The van der Waals surface area contributed by atoms with Crippen LogP contribution in [0.4, 0.5) is 10.2 Å². The monoisotopic (exact) mass is 243 g/mol. The maximum atomic E-state index is 12.8. The molecule has 0 spiro atoms. The number of carbonyl (C=O) groups excluding carboxylic acids is 1. The van der Waals surface area contributed by atoms with Crippen LogP contribution in [0.3, 0.4) is 0 Å². The predicted octanol–water partition coefficient (Wildman–Crippen LogP) is 1.82. The Hall–Kier alpha value is -2.30. The van der Waals surface area contributed by atoms with Gasteiger partial charge in [0.2, 0.25) is 0 Å². The lowest BCUT2D eigenvalue weighted by molar-refractivity contribution is 0.0979. The van der Waals surface area contributed by atoms with Gasteiger partial charge in [-0.25, -0.2) is 9.37 Å². The molecule has 3 heterocycles. The Labute approximate surface area is 103 Å². The lowest BCUT2D eigenvalue weighted by Crippen LogP contribution is -2.38. The summed E-state index contributed by atoms with van der Waals surface area (Å²) in [5, 5.41) is 0. The minimum absolute atomic E-state index is 0.136. The maximum absolute atomic E-state index is 12.8. The SMILES string of the molecule is O=C1c2cccnc2CCN1c1ccc(F)cn1. The van der Waals surface area contributed by atoms with Gasteiger partial charge in [-0.15, -0.1) is 0 Å². The zero-order chi connectivity index (χ0) is 12.5. The van der Waals surface area contributed by atoms with Crippen molar-refractivity contribution in [3.63, 3.8) is 0 Å². The molecule has 2 aromatic heterocycles. The fraction of sp³-hybridized carbons (Fsp3) is 0.154. The highest BCUT2D eigenvalue weighted by atomic mass is 19.1. The van der Waals surface area contributed by atoms with Crippen molar-refractivity contribution in [3.05, 3.63) is 53.7 Å². The van der Waals surface area contributed by atoms with Gasteiger partial charge >= 0.3 is 0 Å². The van der Waals surface area contributed by atoms with Crippen molar-refractivity contribution in [2.75, 3.05) is 11.4 Å². The molecule has 3 rings (SSSR count). The number of aromatic nitrogens is 2. The normalized spacial score (nSPS) is 14.5. The first-order valence-electron chi connectivity index (χ1n) is 5.63. The molecule has 0 saturated heterocycles. The van der Waals surface area contributed by atoms with Crippen LogP contribution in [0.1, 0.15) is 16.1 Å². The average molecular weight is 243 g/mol. The number of pyridine rings is 2. The first-order chi connectivity index (χ1) is 8.75. The Kier molecular flexibility index (Phi) is 2.51. The molecule has 0 bridgehead atoms. The van der Waals surface area contributed by atoms with Crippen molar-refractivity contribution in [1.29, 1.82) is 0 Å². The van der Waals surface area contributed by atoms with E-state index in [2.05, 4.69) is 9.97 Å². The molecule has 0 fully saturated rings. The third-order valence-corrected chi connectivity index (χ3v) is 2.93. The van der Waals surface area contributed by atoms with E-state index in [0.29, 0.717) is 24.3 Å². The van der Waals surface area contributed by atoms with Gasteiger partial charge in [-0.1, -0.05) is 0 Å². The Morgan fingerprint density at radius 1 is 1.22 bits per heavy atom. The number of carbonyl (C=O) groups is 1. The van der Waals surface area contributed by atoms with E-state index in [1.165, 1.54) is 12.1 Å². The zero-order valence-corrected chi connectivity index (χ0v) is 9.51. The largest absolute Gasteiger partial charge is 0.292 e. The highest BCUT2D eigenvalue weighted by Crippen LogP contribution is 2.21. The summed E-state index contributed by atoms with van der Waals surface area (Å²) in [5.41, 5.74) is 1.40. The summed E-state index contributed by atoms with van der Waals surface area (Å²) in [4.78, 5) is 21.9. The molecule has 1 amide bonds. The Morgan fingerprint density at radius 3 is 2.89 bits per heavy atom. The Morgan fingerprint density at radius 2 is 2.11 bits per heavy atom. The standard InChI is InChI=1S/C13H10FN3O/c14-9-3-4-12(16-8-9)17-7-5-11-10(13(17)18)2-1-6-15-11/h1-4,6,8H,5,7H2. The minimum Gasteiger partial charge on any atom is -0.292 e. The molecule has 0 aromatic carbocycles. The van der Waals surface area contributed by atoms with E-state index in [4.69, 9.17) is 0 Å². The summed E-state index contributed by atoms with van der Waals surface area (Å²) in [6.07, 6.45) is 3.47. The van der Waals surface area contributed by atoms with Crippen molar-refractivity contribution in [3.8, 4) is 0 Å². The van der Waals surface area contributed by atoms with E-state index in [-0.39, 0.29) is 5.91 Å². The molecule has 90 valence electrons. The molecule has 0 aliphatic carbocycles. The van der Waals surface area contributed by atoms with Gasteiger partial charge in [-0.05, 0) is 24.3 Å². The second kappa shape index (κ2) is 4.18. The van der Waals surface area contributed by atoms with Gasteiger partial charge < -0.3 is 0 Å². The smallest absolute Gasteiger partial charge is 0.261 e. The van der Waals surface area contributed by atoms with Gasteiger partial charge in [0.25, 0.3) is 5.91 Å². The van der Waals surface area contributed by atoms with E-state index >= 15 is 0 Å². The highest BCUT2D eigenvalue weighted by Gasteiger charge is 2.26. The van der Waals surface area contributed by atoms with E-state index < -0.39 is 5.82 Å². The van der Waals surface area contributed by atoms with Gasteiger partial charge in [0.1, 0.15) is 11.6 Å². The first-order valence-corrected chi connectivity index (χ1v) is 5.63. The second-order valence-electron chi connectivity index (χ2n) is 4.04. The lowest BCUT2D eigenvalue weighted by atomic mass is 10.1. The van der Waals surface area contributed by atoms with Crippen molar-refractivity contribution in [2.45, 2.75) is 6.42 Å². The number of rotatable bonds is 1. The molecular weight excluding hydrogens is 233 g/mol. The molecule has 1 aliphatic heterocycles. The molecule has 0 unspecified atom stereocenters. The topological polar surface area (TPSA) is 46.1 Å². The third-order valence-electron chi connectivity index (χ3n) is 2.93. The van der Waals surface area contributed by atoms with E-state index in [0.717, 1.165) is 11.9 Å². The highest BCUT2D eigenvalue weighted by molar-refractivity contribution is 6.07. The molecule has 0 atom stereocenters. The molecule has 2 aromatic rings. The second-order valence-corrected chi connectivity index (χ2v) is 4.04. The van der Waals surface area contributed by atoms with Crippen molar-refractivity contribution in [2.24, 2.45) is 0 Å². The fourth-order valence-electron chi connectivity index (χ4n) is 2.04.